The van der Waals surface area contributed by atoms with Gasteiger partial charge < -0.3 is 29.6 Å². The zero-order valence-corrected chi connectivity index (χ0v) is 23.4. The van der Waals surface area contributed by atoms with Crippen LogP contribution in [-0.4, -0.2) is 58.4 Å². The van der Waals surface area contributed by atoms with Crippen LogP contribution in [0.25, 0.3) is 0 Å². The Morgan fingerprint density at radius 1 is 0.837 bits per heavy atom. The summed E-state index contributed by atoms with van der Waals surface area (Å²) in [4.78, 5) is 36.4. The second-order valence-corrected chi connectivity index (χ2v) is 8.72. The van der Waals surface area contributed by atoms with Gasteiger partial charge in [-0.2, -0.15) is 18.3 Å². The molecular formula is C29H29F3N4O7. The predicted molar refractivity (Wildman–Crippen MR) is 151 cm³/mol. The molecule has 228 valence electrons. The van der Waals surface area contributed by atoms with Gasteiger partial charge in [-0.15, -0.1) is 0 Å². The number of carbonyl (C=O) groups excluding carboxylic acids is 3. The Hall–Kier alpha value is -5.27. The van der Waals surface area contributed by atoms with Crippen molar-refractivity contribution in [2.24, 2.45) is 5.10 Å². The van der Waals surface area contributed by atoms with Crippen molar-refractivity contribution >= 4 is 29.6 Å². The standard InChI is InChI=1S/C29H29F3N4O7/c1-40-22-9-7-18(13-24(22)41-2)11-12-33-27(38)28(39)36-34-16-19-8-10-23(25(14-19)42-3)43-17-26(37)35-21-6-4-5-20(15-21)29(30,31)32/h4-10,13-16H,11-12,17H2,1-3H3,(H,33,38)(H,35,37)(H,36,39)/b34-16-. The largest absolute Gasteiger partial charge is 0.493 e. The number of hydrogen-bond acceptors (Lipinski definition) is 8. The molecule has 11 nitrogen and oxygen atoms in total. The van der Waals surface area contributed by atoms with E-state index < -0.39 is 36.1 Å². The third kappa shape index (κ3) is 9.66. The number of halogens is 3. The number of alkyl halides is 3. The lowest BCUT2D eigenvalue weighted by molar-refractivity contribution is -0.139. The van der Waals surface area contributed by atoms with E-state index in [4.69, 9.17) is 18.9 Å². The first kappa shape index (κ1) is 32.2. The van der Waals surface area contributed by atoms with E-state index in [0.717, 1.165) is 17.7 Å². The molecule has 3 amide bonds. The van der Waals surface area contributed by atoms with Gasteiger partial charge in [0.15, 0.2) is 29.6 Å². The van der Waals surface area contributed by atoms with E-state index in [-0.39, 0.29) is 23.7 Å². The summed E-state index contributed by atoms with van der Waals surface area (Å²) in [5.41, 5.74) is 2.53. The van der Waals surface area contributed by atoms with Crippen LogP contribution in [0.1, 0.15) is 16.7 Å². The molecule has 3 aromatic carbocycles. The molecule has 0 unspecified atom stereocenters. The molecule has 0 bridgehead atoms. The summed E-state index contributed by atoms with van der Waals surface area (Å²) in [6.07, 6.45) is -2.83. The second-order valence-electron chi connectivity index (χ2n) is 8.72. The molecule has 0 saturated carbocycles. The van der Waals surface area contributed by atoms with Crippen LogP contribution in [0.5, 0.6) is 23.0 Å². The van der Waals surface area contributed by atoms with Crippen LogP contribution in [0.4, 0.5) is 18.9 Å². The van der Waals surface area contributed by atoms with Gasteiger partial charge in [-0.1, -0.05) is 12.1 Å². The zero-order valence-electron chi connectivity index (χ0n) is 23.4. The first-order chi connectivity index (χ1) is 20.5. The first-order valence-corrected chi connectivity index (χ1v) is 12.6. The van der Waals surface area contributed by atoms with Gasteiger partial charge in [0.25, 0.3) is 5.91 Å². The van der Waals surface area contributed by atoms with Crippen LogP contribution in [0, 0.1) is 0 Å². The van der Waals surface area contributed by atoms with Gasteiger partial charge in [-0.25, -0.2) is 5.43 Å². The summed E-state index contributed by atoms with van der Waals surface area (Å²) in [6.45, 7) is -0.306. The molecule has 0 heterocycles. The van der Waals surface area contributed by atoms with E-state index in [1.807, 2.05) is 6.07 Å². The minimum absolute atomic E-state index is 0.0319. The van der Waals surface area contributed by atoms with Gasteiger partial charge in [-0.3, -0.25) is 14.4 Å². The number of nitrogens with one attached hydrogen (secondary N) is 3. The fourth-order valence-corrected chi connectivity index (χ4v) is 3.65. The number of benzene rings is 3. The molecule has 3 aromatic rings. The maximum absolute atomic E-state index is 12.9. The van der Waals surface area contributed by atoms with E-state index >= 15 is 0 Å². The second kappa shape index (κ2) is 15.1. The van der Waals surface area contributed by atoms with Crippen molar-refractivity contribution in [3.05, 3.63) is 77.4 Å². The third-order valence-corrected chi connectivity index (χ3v) is 5.75. The van der Waals surface area contributed by atoms with Crippen LogP contribution in [0.3, 0.4) is 0 Å². The summed E-state index contributed by atoms with van der Waals surface area (Å²) in [5.74, 6) is -1.01. The lowest BCUT2D eigenvalue weighted by Crippen LogP contribution is -2.38. The van der Waals surface area contributed by atoms with E-state index in [9.17, 15) is 27.6 Å². The van der Waals surface area contributed by atoms with E-state index in [1.54, 1.807) is 18.2 Å². The topological polar surface area (TPSA) is 137 Å². The van der Waals surface area contributed by atoms with E-state index in [2.05, 4.69) is 21.2 Å². The molecule has 0 aliphatic carbocycles. The molecule has 0 radical (unpaired) electrons. The number of anilines is 1. The number of carbonyl (C=O) groups is 3. The molecule has 0 fully saturated rings. The third-order valence-electron chi connectivity index (χ3n) is 5.75. The highest BCUT2D eigenvalue weighted by molar-refractivity contribution is 6.35. The Labute approximate surface area is 245 Å². The van der Waals surface area contributed by atoms with Crippen LogP contribution in [0.15, 0.2) is 65.8 Å². The van der Waals surface area contributed by atoms with Gasteiger partial charge in [0.1, 0.15) is 0 Å². The number of nitrogens with zero attached hydrogens (tertiary/aromatic N) is 1. The summed E-state index contributed by atoms with van der Waals surface area (Å²) >= 11 is 0. The van der Waals surface area contributed by atoms with Crippen LogP contribution in [0.2, 0.25) is 0 Å². The Morgan fingerprint density at radius 2 is 1.53 bits per heavy atom. The fraction of sp³-hybridized carbons (Fsp3) is 0.241. The minimum atomic E-state index is -4.54. The van der Waals surface area contributed by atoms with Crippen molar-refractivity contribution < 1.29 is 46.5 Å². The Bertz CT molecular complexity index is 1480. The number of hydrazone groups is 1. The summed E-state index contributed by atoms with van der Waals surface area (Å²) in [7, 11) is 4.41. The lowest BCUT2D eigenvalue weighted by Gasteiger charge is -2.12. The fourth-order valence-electron chi connectivity index (χ4n) is 3.65. The molecule has 0 atom stereocenters. The van der Waals surface area contributed by atoms with Gasteiger partial charge in [0.05, 0.1) is 33.1 Å². The van der Waals surface area contributed by atoms with Gasteiger partial charge in [0, 0.05) is 12.2 Å². The minimum Gasteiger partial charge on any atom is -0.493 e. The van der Waals surface area contributed by atoms with Crippen molar-refractivity contribution in [3.63, 3.8) is 0 Å². The van der Waals surface area contributed by atoms with Crippen molar-refractivity contribution in [2.75, 3.05) is 39.8 Å². The number of hydrogen-bond donors (Lipinski definition) is 3. The van der Waals surface area contributed by atoms with Crippen molar-refractivity contribution in [1.82, 2.24) is 10.7 Å². The SMILES string of the molecule is COc1ccc(CCNC(=O)C(=O)N/N=C\c2ccc(OCC(=O)Nc3cccc(C(F)(F)F)c3)c(OC)c2)cc1OC. The molecule has 0 aliphatic rings. The molecule has 14 heteroatoms. The van der Waals surface area contributed by atoms with Gasteiger partial charge in [-0.05, 0) is 66.1 Å². The van der Waals surface area contributed by atoms with E-state index in [1.165, 1.54) is 51.8 Å². The van der Waals surface area contributed by atoms with Gasteiger partial charge in [0.2, 0.25) is 0 Å². The van der Waals surface area contributed by atoms with Crippen molar-refractivity contribution in [3.8, 4) is 23.0 Å². The molecule has 43 heavy (non-hydrogen) atoms. The average Bonchev–Trinajstić information content (AvgIpc) is 2.99. The quantitative estimate of drug-likeness (QED) is 0.164. The molecule has 0 aromatic heterocycles. The number of ether oxygens (including phenoxy) is 4. The highest BCUT2D eigenvalue weighted by Crippen LogP contribution is 2.31. The van der Waals surface area contributed by atoms with Crippen molar-refractivity contribution in [1.29, 1.82) is 0 Å². The molecule has 3 rings (SSSR count). The molecule has 3 N–H and O–H groups in total. The van der Waals surface area contributed by atoms with Crippen LogP contribution in [-0.2, 0) is 27.0 Å². The lowest BCUT2D eigenvalue weighted by atomic mass is 10.1. The van der Waals surface area contributed by atoms with Crippen LogP contribution >= 0.6 is 0 Å². The molecule has 0 spiro atoms. The summed E-state index contributed by atoms with van der Waals surface area (Å²) in [5, 5.41) is 8.61. The van der Waals surface area contributed by atoms with Gasteiger partial charge >= 0.3 is 18.0 Å². The zero-order chi connectivity index (χ0) is 31.4. The Balaban J connectivity index is 1.47. The normalized spacial score (nSPS) is 11.0. The highest BCUT2D eigenvalue weighted by Gasteiger charge is 2.30. The predicted octanol–water partition coefficient (Wildman–Crippen LogP) is 3.56. The first-order valence-electron chi connectivity index (χ1n) is 12.6. The number of rotatable bonds is 12. The monoisotopic (exact) mass is 602 g/mol. The Kier molecular flexibility index (Phi) is 11.3. The number of amides is 3. The smallest absolute Gasteiger partial charge is 0.416 e. The highest BCUT2D eigenvalue weighted by atomic mass is 19.4. The average molecular weight is 603 g/mol. The van der Waals surface area contributed by atoms with Crippen molar-refractivity contribution in [2.45, 2.75) is 12.6 Å². The maximum Gasteiger partial charge on any atom is 0.416 e. The number of methoxy groups -OCH3 is 3. The molecule has 0 aliphatic heterocycles. The summed E-state index contributed by atoms with van der Waals surface area (Å²) in [6, 6.07) is 14.1. The maximum atomic E-state index is 12.9. The Morgan fingerprint density at radius 3 is 2.23 bits per heavy atom. The molecular weight excluding hydrogens is 573 g/mol. The molecule has 0 saturated heterocycles. The van der Waals surface area contributed by atoms with Crippen LogP contribution < -0.4 is 35.0 Å². The summed E-state index contributed by atoms with van der Waals surface area (Å²) < 4.78 is 59.8. The van der Waals surface area contributed by atoms with E-state index in [0.29, 0.717) is 23.5 Å².